The monoisotopic (exact) mass is 444 g/mol. The Morgan fingerprint density at radius 1 is 1.16 bits per heavy atom. The summed E-state index contributed by atoms with van der Waals surface area (Å²) >= 11 is 0. The van der Waals surface area contributed by atoms with E-state index in [-0.39, 0.29) is 28.9 Å². The second kappa shape index (κ2) is 8.82. The number of carbonyl (C=O) groups excluding carboxylic acids is 1. The molecular formula is C22H28N4O4S. The first-order valence-electron chi connectivity index (χ1n) is 10.7. The van der Waals surface area contributed by atoms with Crippen molar-refractivity contribution < 1.29 is 18.3 Å². The summed E-state index contributed by atoms with van der Waals surface area (Å²) in [4.78, 5) is 25.8. The molecule has 3 heterocycles. The molecule has 1 N–H and O–H groups in total. The van der Waals surface area contributed by atoms with E-state index < -0.39 is 9.84 Å². The van der Waals surface area contributed by atoms with Crippen molar-refractivity contribution >= 4 is 21.7 Å². The van der Waals surface area contributed by atoms with Crippen molar-refractivity contribution in [3.63, 3.8) is 0 Å². The molecule has 1 aromatic carbocycles. The van der Waals surface area contributed by atoms with Crippen molar-refractivity contribution in [3.8, 4) is 5.75 Å². The van der Waals surface area contributed by atoms with Crippen molar-refractivity contribution in [2.45, 2.75) is 42.9 Å². The van der Waals surface area contributed by atoms with Crippen LogP contribution >= 0.6 is 0 Å². The minimum absolute atomic E-state index is 0.00725. The second-order valence-electron chi connectivity index (χ2n) is 8.39. The summed E-state index contributed by atoms with van der Waals surface area (Å²) < 4.78 is 24.7. The fraction of sp³-hybridized carbons (Fsp3) is 0.500. The average Bonchev–Trinajstić information content (AvgIpc) is 3.28. The number of phenols is 1. The number of hydrogen-bond donors (Lipinski definition) is 1. The lowest BCUT2D eigenvalue weighted by molar-refractivity contribution is -0.131. The first-order valence-corrected chi connectivity index (χ1v) is 12.6. The highest BCUT2D eigenvalue weighted by molar-refractivity contribution is 7.90. The first-order chi connectivity index (χ1) is 14.8. The minimum Gasteiger partial charge on any atom is -0.508 e. The maximum atomic E-state index is 12.7. The Bertz CT molecular complexity index is 1060. The second-order valence-corrected chi connectivity index (χ2v) is 10.4. The summed E-state index contributed by atoms with van der Waals surface area (Å²) in [6, 6.07) is 6.73. The van der Waals surface area contributed by atoms with Crippen molar-refractivity contribution in [2.75, 3.05) is 37.3 Å². The van der Waals surface area contributed by atoms with Gasteiger partial charge in [0.05, 0.1) is 18.3 Å². The Morgan fingerprint density at radius 2 is 1.87 bits per heavy atom. The standard InChI is InChI=1S/C22H28N4O4S/c1-31(29,30)19-15-23-22(26-9-2-3-10-26)24-21(19)17-7-11-25(12-8-17)20(28)14-16-5-4-6-18(27)13-16/h4-6,13,15,17,27H,2-3,7-12,14H2,1H3. The van der Waals surface area contributed by atoms with Crippen molar-refractivity contribution in [2.24, 2.45) is 0 Å². The van der Waals surface area contributed by atoms with Gasteiger partial charge in [-0.2, -0.15) is 0 Å². The molecule has 31 heavy (non-hydrogen) atoms. The fourth-order valence-electron chi connectivity index (χ4n) is 4.38. The van der Waals surface area contributed by atoms with Gasteiger partial charge < -0.3 is 14.9 Å². The van der Waals surface area contributed by atoms with Crippen LogP contribution in [0.25, 0.3) is 0 Å². The number of sulfone groups is 1. The molecule has 166 valence electrons. The van der Waals surface area contributed by atoms with E-state index in [9.17, 15) is 18.3 Å². The van der Waals surface area contributed by atoms with E-state index >= 15 is 0 Å². The maximum absolute atomic E-state index is 12.7. The van der Waals surface area contributed by atoms with Gasteiger partial charge in [-0.15, -0.1) is 0 Å². The van der Waals surface area contributed by atoms with Gasteiger partial charge in [0.1, 0.15) is 10.6 Å². The van der Waals surface area contributed by atoms with Gasteiger partial charge in [0.2, 0.25) is 11.9 Å². The predicted octanol–water partition coefficient (Wildman–Crippen LogP) is 2.13. The Morgan fingerprint density at radius 3 is 2.52 bits per heavy atom. The maximum Gasteiger partial charge on any atom is 0.226 e. The lowest BCUT2D eigenvalue weighted by atomic mass is 9.93. The van der Waals surface area contributed by atoms with Crippen LogP contribution in [0.15, 0.2) is 35.4 Å². The van der Waals surface area contributed by atoms with Crippen molar-refractivity contribution in [3.05, 3.63) is 41.7 Å². The SMILES string of the molecule is CS(=O)(=O)c1cnc(N2CCCC2)nc1C1CCN(C(=O)Cc2cccc(O)c2)CC1. The Balaban J connectivity index is 1.48. The van der Waals surface area contributed by atoms with Crippen LogP contribution in [0.3, 0.4) is 0 Å². The van der Waals surface area contributed by atoms with E-state index in [0.717, 1.165) is 31.5 Å². The molecule has 2 aliphatic heterocycles. The molecule has 8 nitrogen and oxygen atoms in total. The third kappa shape index (κ3) is 4.98. The number of carbonyl (C=O) groups is 1. The molecule has 1 aromatic heterocycles. The number of hydrogen-bond acceptors (Lipinski definition) is 7. The van der Waals surface area contributed by atoms with Crippen LogP contribution in [0.2, 0.25) is 0 Å². The van der Waals surface area contributed by atoms with E-state index in [0.29, 0.717) is 37.6 Å². The predicted molar refractivity (Wildman–Crippen MR) is 117 cm³/mol. The van der Waals surface area contributed by atoms with Crippen LogP contribution < -0.4 is 4.90 Å². The van der Waals surface area contributed by atoms with Crippen LogP contribution in [0.5, 0.6) is 5.75 Å². The molecule has 0 radical (unpaired) electrons. The largest absolute Gasteiger partial charge is 0.508 e. The van der Waals surface area contributed by atoms with Gasteiger partial charge in [-0.05, 0) is 43.4 Å². The van der Waals surface area contributed by atoms with E-state index in [4.69, 9.17) is 4.98 Å². The van der Waals surface area contributed by atoms with Crippen LogP contribution in [-0.4, -0.2) is 66.7 Å². The molecule has 9 heteroatoms. The van der Waals surface area contributed by atoms with Crippen molar-refractivity contribution in [1.29, 1.82) is 0 Å². The molecule has 2 aromatic rings. The molecule has 0 unspecified atom stereocenters. The van der Waals surface area contributed by atoms with Gasteiger partial charge in [-0.1, -0.05) is 12.1 Å². The third-order valence-corrected chi connectivity index (χ3v) is 7.17. The number of phenolic OH excluding ortho intramolecular Hbond substituents is 1. The molecule has 0 spiro atoms. The van der Waals surface area contributed by atoms with Gasteiger partial charge in [0, 0.05) is 38.4 Å². The molecule has 4 rings (SSSR count). The van der Waals surface area contributed by atoms with Crippen LogP contribution in [-0.2, 0) is 21.1 Å². The molecule has 0 aliphatic carbocycles. The Labute approximate surface area is 182 Å². The molecule has 2 saturated heterocycles. The third-order valence-electron chi connectivity index (χ3n) is 6.06. The fourth-order valence-corrected chi connectivity index (χ4v) is 5.21. The highest BCUT2D eigenvalue weighted by atomic mass is 32.2. The zero-order valence-corrected chi connectivity index (χ0v) is 18.5. The van der Waals surface area contributed by atoms with Gasteiger partial charge in [-0.3, -0.25) is 4.79 Å². The van der Waals surface area contributed by atoms with E-state index in [1.165, 1.54) is 12.5 Å². The van der Waals surface area contributed by atoms with Gasteiger partial charge in [-0.25, -0.2) is 18.4 Å². The molecule has 1 amide bonds. The number of anilines is 1. The molecule has 0 saturated carbocycles. The Hall–Kier alpha value is -2.68. The molecule has 0 atom stereocenters. The minimum atomic E-state index is -3.45. The van der Waals surface area contributed by atoms with E-state index in [1.54, 1.807) is 18.2 Å². The van der Waals surface area contributed by atoms with Gasteiger partial charge >= 0.3 is 0 Å². The topological polar surface area (TPSA) is 104 Å². The first kappa shape index (κ1) is 21.5. The quantitative estimate of drug-likeness (QED) is 0.753. The van der Waals surface area contributed by atoms with Crippen LogP contribution in [0.4, 0.5) is 5.95 Å². The van der Waals surface area contributed by atoms with Crippen LogP contribution in [0.1, 0.15) is 42.9 Å². The highest BCUT2D eigenvalue weighted by Gasteiger charge is 2.30. The molecule has 2 aliphatic rings. The zero-order chi connectivity index (χ0) is 22.0. The molecular weight excluding hydrogens is 416 g/mol. The summed E-state index contributed by atoms with van der Waals surface area (Å²) in [6.07, 6.45) is 6.37. The summed E-state index contributed by atoms with van der Waals surface area (Å²) in [6.45, 7) is 2.88. The highest BCUT2D eigenvalue weighted by Crippen LogP contribution is 2.32. The number of aromatic hydroxyl groups is 1. The lowest BCUT2D eigenvalue weighted by Crippen LogP contribution is -2.39. The summed E-state index contributed by atoms with van der Waals surface area (Å²) in [7, 11) is -3.45. The number of rotatable bonds is 5. The average molecular weight is 445 g/mol. The lowest BCUT2D eigenvalue weighted by Gasteiger charge is -2.32. The number of amides is 1. The van der Waals surface area contributed by atoms with E-state index in [1.807, 2.05) is 11.0 Å². The number of benzene rings is 1. The molecule has 0 bridgehead atoms. The van der Waals surface area contributed by atoms with Crippen molar-refractivity contribution in [1.82, 2.24) is 14.9 Å². The van der Waals surface area contributed by atoms with E-state index in [2.05, 4.69) is 9.88 Å². The summed E-state index contributed by atoms with van der Waals surface area (Å²) in [5.74, 6) is 0.726. The van der Waals surface area contributed by atoms with Crippen LogP contribution in [0, 0.1) is 0 Å². The zero-order valence-electron chi connectivity index (χ0n) is 17.7. The summed E-state index contributed by atoms with van der Waals surface area (Å²) in [5, 5.41) is 9.60. The Kier molecular flexibility index (Phi) is 6.13. The molecule has 2 fully saturated rings. The normalized spacial score (nSPS) is 17.8. The number of piperidine rings is 1. The van der Waals surface area contributed by atoms with Gasteiger partial charge in [0.25, 0.3) is 0 Å². The smallest absolute Gasteiger partial charge is 0.226 e. The summed E-state index contributed by atoms with van der Waals surface area (Å²) in [5.41, 5.74) is 1.36. The number of nitrogens with zero attached hydrogens (tertiary/aromatic N) is 4. The number of aromatic nitrogens is 2. The van der Waals surface area contributed by atoms with Gasteiger partial charge in [0.15, 0.2) is 9.84 Å². The number of likely N-dealkylation sites (tertiary alicyclic amines) is 1.